The molecule has 2 aromatic rings. The lowest BCUT2D eigenvalue weighted by molar-refractivity contribution is 0.00578. The van der Waals surface area contributed by atoms with Gasteiger partial charge in [-0.1, -0.05) is 24.3 Å². The average molecular weight is 298 g/mol. The minimum atomic E-state index is -0.374. The van der Waals surface area contributed by atoms with E-state index in [0.717, 1.165) is 11.0 Å². The number of aldehydes is 1. The number of rotatable bonds is 3. The molecule has 0 N–H and O–H groups in total. The van der Waals surface area contributed by atoms with Crippen LogP contribution in [0.3, 0.4) is 0 Å². The van der Waals surface area contributed by atoms with Gasteiger partial charge in [0.1, 0.15) is 5.76 Å². The van der Waals surface area contributed by atoms with Gasteiger partial charge in [-0.25, -0.2) is 0 Å². The largest absolute Gasteiger partial charge is 0.494 e. The molecule has 0 aliphatic carbocycles. The maximum Gasteiger partial charge on any atom is 0.494 e. The van der Waals surface area contributed by atoms with Crippen molar-refractivity contribution in [2.24, 2.45) is 0 Å². The van der Waals surface area contributed by atoms with Crippen molar-refractivity contribution in [2.45, 2.75) is 38.9 Å². The standard InChI is InChI=1S/C17H19BO4/c1-16(2)17(3,4)22-18(21-16)13-7-5-12(6-8-13)15-10-9-14(11-19)20-15/h5-11H,1-4H3. The van der Waals surface area contributed by atoms with Crippen molar-refractivity contribution in [1.82, 2.24) is 0 Å². The van der Waals surface area contributed by atoms with E-state index in [1.54, 1.807) is 12.1 Å². The van der Waals surface area contributed by atoms with E-state index in [1.165, 1.54) is 0 Å². The van der Waals surface area contributed by atoms with E-state index in [1.807, 2.05) is 52.0 Å². The zero-order valence-corrected chi connectivity index (χ0v) is 13.3. The van der Waals surface area contributed by atoms with E-state index in [4.69, 9.17) is 13.7 Å². The summed E-state index contributed by atoms with van der Waals surface area (Å²) in [5, 5.41) is 0. The molecule has 22 heavy (non-hydrogen) atoms. The molecule has 1 aromatic heterocycles. The third-order valence-corrected chi connectivity index (χ3v) is 4.46. The topological polar surface area (TPSA) is 48.7 Å². The molecule has 4 nitrogen and oxygen atoms in total. The summed E-state index contributed by atoms with van der Waals surface area (Å²) in [4.78, 5) is 10.7. The van der Waals surface area contributed by atoms with Crippen molar-refractivity contribution in [1.29, 1.82) is 0 Å². The Morgan fingerprint density at radius 3 is 2.00 bits per heavy atom. The molecule has 5 heteroatoms. The fraction of sp³-hybridized carbons (Fsp3) is 0.353. The molecule has 0 radical (unpaired) electrons. The first-order chi connectivity index (χ1) is 10.3. The number of benzene rings is 1. The number of hydrogen-bond acceptors (Lipinski definition) is 4. The summed E-state index contributed by atoms with van der Waals surface area (Å²) >= 11 is 0. The summed E-state index contributed by atoms with van der Waals surface area (Å²) in [6, 6.07) is 11.2. The summed E-state index contributed by atoms with van der Waals surface area (Å²) in [5.74, 6) is 0.993. The van der Waals surface area contributed by atoms with E-state index in [-0.39, 0.29) is 18.3 Å². The van der Waals surface area contributed by atoms with Crippen LogP contribution in [-0.4, -0.2) is 24.6 Å². The van der Waals surface area contributed by atoms with Crippen LogP contribution < -0.4 is 5.46 Å². The number of hydrogen-bond donors (Lipinski definition) is 0. The second-order valence-electron chi connectivity index (χ2n) is 6.53. The van der Waals surface area contributed by atoms with Crippen molar-refractivity contribution in [2.75, 3.05) is 0 Å². The number of carbonyl (C=O) groups is 1. The Balaban J connectivity index is 1.82. The van der Waals surface area contributed by atoms with Gasteiger partial charge in [-0.3, -0.25) is 4.79 Å². The van der Waals surface area contributed by atoms with Crippen molar-refractivity contribution in [3.63, 3.8) is 0 Å². The molecule has 0 amide bonds. The Bertz CT molecular complexity index is 669. The van der Waals surface area contributed by atoms with Crippen molar-refractivity contribution in [3.05, 3.63) is 42.2 Å². The van der Waals surface area contributed by atoms with E-state index in [9.17, 15) is 4.79 Å². The fourth-order valence-corrected chi connectivity index (χ4v) is 2.35. The lowest BCUT2D eigenvalue weighted by Gasteiger charge is -2.32. The maximum absolute atomic E-state index is 10.7. The van der Waals surface area contributed by atoms with Crippen LogP contribution in [0.5, 0.6) is 0 Å². The van der Waals surface area contributed by atoms with Gasteiger partial charge < -0.3 is 13.7 Å². The Morgan fingerprint density at radius 1 is 0.909 bits per heavy atom. The van der Waals surface area contributed by atoms with Crippen LogP contribution in [0.15, 0.2) is 40.8 Å². The first-order valence-electron chi connectivity index (χ1n) is 7.33. The van der Waals surface area contributed by atoms with E-state index in [2.05, 4.69) is 0 Å². The predicted molar refractivity (Wildman–Crippen MR) is 85.2 cm³/mol. The monoisotopic (exact) mass is 298 g/mol. The average Bonchev–Trinajstić information content (AvgIpc) is 3.02. The Labute approximate surface area is 130 Å². The van der Waals surface area contributed by atoms with Gasteiger partial charge in [0.2, 0.25) is 0 Å². The normalized spacial score (nSPS) is 19.4. The molecule has 0 saturated carbocycles. The summed E-state index contributed by atoms with van der Waals surface area (Å²) in [5.41, 5.74) is 1.17. The van der Waals surface area contributed by atoms with Crippen LogP contribution in [0.25, 0.3) is 11.3 Å². The summed E-state index contributed by atoms with van der Waals surface area (Å²) in [6.45, 7) is 8.13. The van der Waals surface area contributed by atoms with Crippen LogP contribution in [0, 0.1) is 0 Å². The Kier molecular flexibility index (Phi) is 3.50. The smallest absolute Gasteiger partial charge is 0.453 e. The highest BCUT2D eigenvalue weighted by atomic mass is 16.7. The van der Waals surface area contributed by atoms with Crippen LogP contribution in [0.1, 0.15) is 38.2 Å². The van der Waals surface area contributed by atoms with Gasteiger partial charge >= 0.3 is 7.12 Å². The molecule has 0 bridgehead atoms. The minimum Gasteiger partial charge on any atom is -0.453 e. The molecule has 1 aliphatic heterocycles. The Hall–Kier alpha value is -1.85. The number of furan rings is 1. The van der Waals surface area contributed by atoms with Gasteiger partial charge in [0.15, 0.2) is 12.0 Å². The molecule has 1 fully saturated rings. The van der Waals surface area contributed by atoms with Crippen molar-refractivity contribution in [3.8, 4) is 11.3 Å². The number of carbonyl (C=O) groups excluding carboxylic acids is 1. The molecular formula is C17H19BO4. The molecule has 1 aromatic carbocycles. The van der Waals surface area contributed by atoms with Gasteiger partial charge in [-0.05, 0) is 45.3 Å². The van der Waals surface area contributed by atoms with Gasteiger partial charge in [0.25, 0.3) is 0 Å². The van der Waals surface area contributed by atoms with Crippen LogP contribution in [0.2, 0.25) is 0 Å². The summed E-state index contributed by atoms with van der Waals surface area (Å²) in [7, 11) is -0.374. The van der Waals surface area contributed by atoms with E-state index >= 15 is 0 Å². The third-order valence-electron chi connectivity index (χ3n) is 4.46. The molecule has 114 valence electrons. The SMILES string of the molecule is CC1(C)OB(c2ccc(-c3ccc(C=O)o3)cc2)OC1(C)C. The molecular weight excluding hydrogens is 279 g/mol. The molecule has 0 unspecified atom stereocenters. The second-order valence-corrected chi connectivity index (χ2v) is 6.53. The van der Waals surface area contributed by atoms with Gasteiger partial charge in [-0.15, -0.1) is 0 Å². The lowest BCUT2D eigenvalue weighted by atomic mass is 9.79. The molecule has 1 aliphatic rings. The molecule has 0 spiro atoms. The van der Waals surface area contributed by atoms with Crippen molar-refractivity contribution < 1.29 is 18.5 Å². The van der Waals surface area contributed by atoms with E-state index in [0.29, 0.717) is 17.8 Å². The van der Waals surface area contributed by atoms with Gasteiger partial charge in [0, 0.05) is 5.56 Å². The summed E-state index contributed by atoms with van der Waals surface area (Å²) < 4.78 is 17.5. The molecule has 1 saturated heterocycles. The third kappa shape index (κ3) is 2.51. The molecule has 3 rings (SSSR count). The van der Waals surface area contributed by atoms with Crippen LogP contribution in [0.4, 0.5) is 0 Å². The maximum atomic E-state index is 10.7. The second kappa shape index (κ2) is 5.11. The Morgan fingerprint density at radius 2 is 1.50 bits per heavy atom. The highest BCUT2D eigenvalue weighted by molar-refractivity contribution is 6.62. The van der Waals surface area contributed by atoms with Crippen LogP contribution >= 0.6 is 0 Å². The van der Waals surface area contributed by atoms with Gasteiger partial charge in [0.05, 0.1) is 11.2 Å². The van der Waals surface area contributed by atoms with Crippen LogP contribution in [-0.2, 0) is 9.31 Å². The minimum absolute atomic E-state index is 0.324. The highest BCUT2D eigenvalue weighted by Gasteiger charge is 2.51. The molecule has 0 atom stereocenters. The van der Waals surface area contributed by atoms with E-state index < -0.39 is 0 Å². The fourth-order valence-electron chi connectivity index (χ4n) is 2.35. The quantitative estimate of drug-likeness (QED) is 0.645. The summed E-state index contributed by atoms with van der Waals surface area (Å²) in [6.07, 6.45) is 0.697. The first-order valence-corrected chi connectivity index (χ1v) is 7.33. The predicted octanol–water partition coefficient (Wildman–Crippen LogP) is 3.06. The highest BCUT2D eigenvalue weighted by Crippen LogP contribution is 2.36. The molecule has 2 heterocycles. The first kappa shape index (κ1) is 15.1. The van der Waals surface area contributed by atoms with Gasteiger partial charge in [-0.2, -0.15) is 0 Å². The van der Waals surface area contributed by atoms with Crippen molar-refractivity contribution >= 4 is 18.9 Å². The zero-order chi connectivity index (χ0) is 16.0. The lowest BCUT2D eigenvalue weighted by Crippen LogP contribution is -2.41. The zero-order valence-electron chi connectivity index (χ0n) is 13.3.